The molecule has 40 heavy (non-hydrogen) atoms. The highest BCUT2D eigenvalue weighted by Crippen LogP contribution is 2.69. The Balaban J connectivity index is 1.76. The standard InChI is InChI=1S/C35H44N3PS/c1-7-29(40)21-16-24-39-37(32(25(2)3)27-17-10-8-11-18-27)34-30-22-14-15-23-31(30)36(6)35(34)38(39)33(26(4)5)28-19-12-9-13-20-28/h8-15,17-20,22-23,25-26,32-33H,7,16,21,24H2,1-6H3/t32-,33-,39?/m0/s1. The van der Waals surface area contributed by atoms with Crippen molar-refractivity contribution in [1.82, 2.24) is 4.57 Å². The minimum atomic E-state index is -0.692. The number of hydrogen-bond acceptors (Lipinski definition) is 3. The van der Waals surface area contributed by atoms with Crippen molar-refractivity contribution < 1.29 is 0 Å². The zero-order valence-electron chi connectivity index (χ0n) is 24.9. The van der Waals surface area contributed by atoms with Crippen molar-refractivity contribution in [3.05, 3.63) is 96.1 Å². The molecule has 4 aromatic rings. The molecular weight excluding hydrogens is 525 g/mol. The van der Waals surface area contributed by atoms with Gasteiger partial charge in [-0.05, 0) is 53.2 Å². The number of rotatable bonds is 11. The first-order valence-corrected chi connectivity index (χ1v) is 16.7. The molecular formula is C35H44N3PS. The molecule has 0 spiro atoms. The lowest BCUT2D eigenvalue weighted by molar-refractivity contribution is 0.509. The van der Waals surface area contributed by atoms with E-state index in [9.17, 15) is 0 Å². The monoisotopic (exact) mass is 569 g/mol. The molecule has 0 bridgehead atoms. The molecule has 0 radical (unpaired) electrons. The lowest BCUT2D eigenvalue weighted by atomic mass is 9.95. The highest BCUT2D eigenvalue weighted by Gasteiger charge is 2.48. The molecule has 1 unspecified atom stereocenters. The molecule has 0 aliphatic carbocycles. The van der Waals surface area contributed by atoms with E-state index in [1.54, 1.807) is 0 Å². The largest absolute Gasteiger partial charge is 0.328 e. The van der Waals surface area contributed by atoms with Gasteiger partial charge >= 0.3 is 0 Å². The van der Waals surface area contributed by atoms with E-state index in [0.29, 0.717) is 11.8 Å². The summed E-state index contributed by atoms with van der Waals surface area (Å²) in [5.41, 5.74) is 5.51. The quantitative estimate of drug-likeness (QED) is 0.132. The Bertz CT molecular complexity index is 1430. The minimum Gasteiger partial charge on any atom is -0.328 e. The van der Waals surface area contributed by atoms with Gasteiger partial charge in [0.1, 0.15) is 5.82 Å². The molecule has 3 aromatic carbocycles. The number of aryl methyl sites for hydroxylation is 1. The molecule has 0 fully saturated rings. The average molecular weight is 570 g/mol. The molecule has 5 rings (SSSR count). The molecule has 2 heterocycles. The number of fused-ring (bicyclic) bond motifs is 3. The number of thiocarbonyl (C=S) groups is 1. The first-order chi connectivity index (χ1) is 19.3. The normalized spacial score (nSPS) is 16.6. The van der Waals surface area contributed by atoms with E-state index in [-0.39, 0.29) is 12.1 Å². The van der Waals surface area contributed by atoms with Crippen molar-refractivity contribution in [2.75, 3.05) is 15.5 Å². The van der Waals surface area contributed by atoms with Gasteiger partial charge in [-0.3, -0.25) is 0 Å². The zero-order chi connectivity index (χ0) is 28.4. The second kappa shape index (κ2) is 12.5. The smallest absolute Gasteiger partial charge is 0.139 e. The van der Waals surface area contributed by atoms with E-state index in [2.05, 4.69) is 141 Å². The molecule has 0 saturated heterocycles. The van der Waals surface area contributed by atoms with Crippen LogP contribution < -0.4 is 9.34 Å². The lowest BCUT2D eigenvalue weighted by Gasteiger charge is -2.44. The second-order valence-corrected chi connectivity index (χ2v) is 14.4. The summed E-state index contributed by atoms with van der Waals surface area (Å²) in [4.78, 5) is 1.20. The van der Waals surface area contributed by atoms with Gasteiger partial charge in [-0.2, -0.15) is 0 Å². The molecule has 0 amide bonds. The van der Waals surface area contributed by atoms with Gasteiger partial charge < -0.3 is 13.9 Å². The Labute approximate surface area is 248 Å². The third kappa shape index (κ3) is 5.33. The summed E-state index contributed by atoms with van der Waals surface area (Å²) in [5, 5.41) is 1.36. The summed E-state index contributed by atoms with van der Waals surface area (Å²) >= 11 is 5.71. The van der Waals surface area contributed by atoms with Gasteiger partial charge in [0.2, 0.25) is 0 Å². The van der Waals surface area contributed by atoms with Crippen LogP contribution in [0.3, 0.4) is 0 Å². The van der Waals surface area contributed by atoms with Gasteiger partial charge in [0.25, 0.3) is 0 Å². The lowest BCUT2D eigenvalue weighted by Crippen LogP contribution is -2.34. The first-order valence-electron chi connectivity index (χ1n) is 14.9. The van der Waals surface area contributed by atoms with E-state index in [0.717, 1.165) is 25.4 Å². The third-order valence-corrected chi connectivity index (χ3v) is 11.4. The maximum absolute atomic E-state index is 5.71. The van der Waals surface area contributed by atoms with Gasteiger partial charge in [-0.15, -0.1) is 0 Å². The van der Waals surface area contributed by atoms with E-state index in [1.807, 2.05) is 0 Å². The summed E-state index contributed by atoms with van der Waals surface area (Å²) in [7, 11) is 1.58. The molecule has 3 atom stereocenters. The molecule has 1 aliphatic heterocycles. The van der Waals surface area contributed by atoms with Gasteiger partial charge in [0, 0.05) is 18.6 Å². The van der Waals surface area contributed by atoms with Crippen molar-refractivity contribution in [3.63, 3.8) is 0 Å². The van der Waals surface area contributed by atoms with Gasteiger partial charge in [0.05, 0.1) is 31.5 Å². The average Bonchev–Trinajstić information content (AvgIpc) is 3.42. The van der Waals surface area contributed by atoms with Crippen LogP contribution in [0, 0.1) is 11.8 Å². The fraction of sp³-hybridized carbons (Fsp3) is 0.400. The van der Waals surface area contributed by atoms with Crippen LogP contribution in [0.15, 0.2) is 84.9 Å². The summed E-state index contributed by atoms with van der Waals surface area (Å²) in [6.45, 7) is 11.8. The number of anilines is 2. The second-order valence-electron chi connectivity index (χ2n) is 11.7. The minimum absolute atomic E-state index is 0.279. The van der Waals surface area contributed by atoms with Crippen molar-refractivity contribution in [2.45, 2.75) is 66.0 Å². The highest BCUT2D eigenvalue weighted by molar-refractivity contribution is 7.80. The maximum Gasteiger partial charge on any atom is 0.139 e. The number of benzene rings is 3. The van der Waals surface area contributed by atoms with Crippen LogP contribution in [0.5, 0.6) is 0 Å². The van der Waals surface area contributed by atoms with Crippen LogP contribution >= 0.6 is 20.4 Å². The highest BCUT2D eigenvalue weighted by atomic mass is 32.1. The van der Waals surface area contributed by atoms with Crippen LogP contribution in [0.1, 0.15) is 77.1 Å². The van der Waals surface area contributed by atoms with Crippen LogP contribution in [0.25, 0.3) is 10.9 Å². The molecule has 5 heteroatoms. The van der Waals surface area contributed by atoms with Crippen LogP contribution in [0.4, 0.5) is 11.5 Å². The Hall–Kier alpha value is -2.68. The topological polar surface area (TPSA) is 11.4 Å². The fourth-order valence-electron chi connectivity index (χ4n) is 6.46. The summed E-state index contributed by atoms with van der Waals surface area (Å²) < 4.78 is 8.18. The Kier molecular flexibility index (Phi) is 8.98. The predicted octanol–water partition coefficient (Wildman–Crippen LogP) is 10.5. The van der Waals surface area contributed by atoms with Crippen LogP contribution in [-0.2, 0) is 7.05 Å². The molecule has 1 aliphatic rings. The molecule has 210 valence electrons. The number of aromatic nitrogens is 1. The van der Waals surface area contributed by atoms with Crippen LogP contribution in [-0.4, -0.2) is 15.6 Å². The van der Waals surface area contributed by atoms with Gasteiger partial charge in [-0.1, -0.05) is 126 Å². The summed E-state index contributed by atoms with van der Waals surface area (Å²) in [5.74, 6) is 2.27. The molecule has 0 N–H and O–H groups in total. The SMILES string of the molecule is CCC(=S)CCCP1N([C@H](c2ccccc2)C(C)C)c2c(n(C)c3ccccc23)N1[C@H](c1ccccc1)C(C)C. The van der Waals surface area contributed by atoms with E-state index < -0.39 is 8.22 Å². The van der Waals surface area contributed by atoms with Crippen molar-refractivity contribution in [3.8, 4) is 0 Å². The van der Waals surface area contributed by atoms with Crippen molar-refractivity contribution >= 4 is 47.7 Å². The number of hydrogen-bond donors (Lipinski definition) is 0. The first kappa shape index (κ1) is 28.8. The van der Waals surface area contributed by atoms with Crippen molar-refractivity contribution in [1.29, 1.82) is 0 Å². The maximum atomic E-state index is 5.71. The van der Waals surface area contributed by atoms with E-state index in [1.165, 1.54) is 38.4 Å². The van der Waals surface area contributed by atoms with E-state index in [4.69, 9.17) is 12.2 Å². The third-order valence-electron chi connectivity index (χ3n) is 8.27. The predicted molar refractivity (Wildman–Crippen MR) is 180 cm³/mol. The number of nitrogens with zero attached hydrogens (tertiary/aromatic N) is 3. The summed E-state index contributed by atoms with van der Waals surface area (Å²) in [6.07, 6.45) is 4.27. The Morgan fingerprint density at radius 2 is 1.27 bits per heavy atom. The zero-order valence-corrected chi connectivity index (χ0v) is 26.6. The Morgan fingerprint density at radius 1 is 0.750 bits per heavy atom. The fourth-order valence-corrected chi connectivity index (χ4v) is 9.94. The molecule has 0 saturated carbocycles. The summed E-state index contributed by atoms with van der Waals surface area (Å²) in [6, 6.07) is 31.9. The Morgan fingerprint density at radius 3 is 1.82 bits per heavy atom. The number of para-hydroxylation sites is 1. The van der Waals surface area contributed by atoms with Crippen molar-refractivity contribution in [2.24, 2.45) is 18.9 Å². The van der Waals surface area contributed by atoms with Gasteiger partial charge in [-0.25, -0.2) is 0 Å². The van der Waals surface area contributed by atoms with E-state index >= 15 is 0 Å². The molecule has 1 aromatic heterocycles. The van der Waals surface area contributed by atoms with Gasteiger partial charge in [0.15, 0.2) is 0 Å². The molecule has 3 nitrogen and oxygen atoms in total. The van der Waals surface area contributed by atoms with Crippen LogP contribution in [0.2, 0.25) is 0 Å².